The fourth-order valence-corrected chi connectivity index (χ4v) is 4.99. The third-order valence-electron chi connectivity index (χ3n) is 6.72. The molecule has 9 nitrogen and oxygen atoms in total. The summed E-state index contributed by atoms with van der Waals surface area (Å²) in [6, 6.07) is 18.5. The summed E-state index contributed by atoms with van der Waals surface area (Å²) in [5.41, 5.74) is 3.32. The van der Waals surface area contributed by atoms with Crippen LogP contribution in [0.4, 0.5) is 5.69 Å². The van der Waals surface area contributed by atoms with Crippen molar-refractivity contribution in [1.82, 2.24) is 9.78 Å². The topological polar surface area (TPSA) is 137 Å². The van der Waals surface area contributed by atoms with Crippen molar-refractivity contribution in [3.8, 4) is 28.4 Å². The fourth-order valence-electron chi connectivity index (χ4n) is 4.48. The van der Waals surface area contributed by atoms with Gasteiger partial charge in [-0.05, 0) is 77.6 Å². The van der Waals surface area contributed by atoms with Crippen LogP contribution in [0.3, 0.4) is 0 Å². The Bertz CT molecular complexity index is 1660. The number of nitrogens with zero attached hydrogens (tertiary/aromatic N) is 2. The molecule has 4 aromatic rings. The highest BCUT2D eigenvalue weighted by Gasteiger charge is 2.27. The molecule has 41 heavy (non-hydrogen) atoms. The minimum absolute atomic E-state index is 0.0333. The average Bonchev–Trinajstić information content (AvgIpc) is 3.33. The Morgan fingerprint density at radius 1 is 0.902 bits per heavy atom. The zero-order valence-electron chi connectivity index (χ0n) is 24.3. The smallest absolute Gasteiger partial charge is 0.276 e. The second-order valence-corrected chi connectivity index (χ2v) is 13.5. The van der Waals surface area contributed by atoms with Gasteiger partial charge in [0, 0.05) is 22.4 Å². The highest BCUT2D eigenvalue weighted by atomic mass is 32.2. The van der Waals surface area contributed by atoms with Crippen molar-refractivity contribution in [2.75, 3.05) is 12.4 Å². The molecule has 0 aliphatic heterocycles. The van der Waals surface area contributed by atoms with Crippen LogP contribution in [-0.4, -0.2) is 36.3 Å². The SMILES string of the molecule is COc1ccc(-c2cc(C(=O)Nc3cc(C(C)(C)C)c(O)c(C(C)(C)C)c3)nn2-c2ccc(S(N)(=O)=O)cc2)cc1. The molecule has 4 rings (SSSR count). The minimum atomic E-state index is -3.87. The molecule has 1 aromatic heterocycles. The number of hydrogen-bond acceptors (Lipinski definition) is 6. The summed E-state index contributed by atoms with van der Waals surface area (Å²) in [5.74, 6) is 0.453. The van der Waals surface area contributed by atoms with Gasteiger partial charge >= 0.3 is 0 Å². The van der Waals surface area contributed by atoms with Crippen LogP contribution in [0, 0.1) is 0 Å². The third kappa shape index (κ3) is 6.44. The van der Waals surface area contributed by atoms with Crippen LogP contribution in [0.1, 0.15) is 63.2 Å². The number of aromatic hydroxyl groups is 1. The number of amides is 1. The lowest BCUT2D eigenvalue weighted by atomic mass is 9.79. The van der Waals surface area contributed by atoms with E-state index in [-0.39, 0.29) is 27.2 Å². The van der Waals surface area contributed by atoms with Crippen LogP contribution in [0.25, 0.3) is 16.9 Å². The van der Waals surface area contributed by atoms with Gasteiger partial charge in [-0.1, -0.05) is 41.5 Å². The van der Waals surface area contributed by atoms with Gasteiger partial charge in [0.25, 0.3) is 5.91 Å². The molecule has 0 spiro atoms. The quantitative estimate of drug-likeness (QED) is 0.250. The number of carbonyl (C=O) groups excluding carboxylic acids is 1. The van der Waals surface area contributed by atoms with Crippen LogP contribution < -0.4 is 15.2 Å². The number of hydrogen-bond donors (Lipinski definition) is 3. The molecule has 0 aliphatic carbocycles. The molecule has 0 fully saturated rings. The first kappa shape index (κ1) is 29.8. The van der Waals surface area contributed by atoms with E-state index in [1.165, 1.54) is 12.1 Å². The van der Waals surface area contributed by atoms with Gasteiger partial charge in [-0.2, -0.15) is 5.10 Å². The number of rotatable bonds is 6. The van der Waals surface area contributed by atoms with Crippen LogP contribution in [0.15, 0.2) is 71.6 Å². The maximum absolute atomic E-state index is 13.6. The predicted molar refractivity (Wildman–Crippen MR) is 160 cm³/mol. The standard InChI is InChI=1S/C31H36N4O5S/c1-30(2,3)24-16-20(17-25(28(24)36)31(4,5)6)33-29(37)26-18-27(19-8-12-22(40-7)13-9-19)35(34-26)21-10-14-23(15-11-21)41(32,38)39/h8-18,36H,1-7H3,(H,33,37)(H2,32,38,39). The molecule has 4 N–H and O–H groups in total. The largest absolute Gasteiger partial charge is 0.507 e. The third-order valence-corrected chi connectivity index (χ3v) is 7.65. The van der Waals surface area contributed by atoms with Crippen LogP contribution in [-0.2, 0) is 20.9 Å². The molecule has 0 aliphatic rings. The van der Waals surface area contributed by atoms with Crippen molar-refractivity contribution < 1.29 is 23.1 Å². The van der Waals surface area contributed by atoms with Crippen molar-refractivity contribution in [3.05, 3.63) is 83.6 Å². The highest BCUT2D eigenvalue weighted by Crippen LogP contribution is 2.41. The molecule has 216 valence electrons. The van der Waals surface area contributed by atoms with E-state index in [4.69, 9.17) is 9.88 Å². The Morgan fingerprint density at radius 3 is 1.90 bits per heavy atom. The number of anilines is 1. The number of phenols is 1. The molecule has 0 saturated carbocycles. The lowest BCUT2D eigenvalue weighted by Crippen LogP contribution is -2.19. The maximum Gasteiger partial charge on any atom is 0.276 e. The number of nitrogens with one attached hydrogen (secondary N) is 1. The van der Waals surface area contributed by atoms with Gasteiger partial charge in [-0.25, -0.2) is 18.2 Å². The Kier molecular flexibility index (Phi) is 7.77. The van der Waals surface area contributed by atoms with Gasteiger partial charge in [-0.3, -0.25) is 4.79 Å². The molecule has 0 atom stereocenters. The molecule has 0 unspecified atom stereocenters. The molecule has 10 heteroatoms. The Balaban J connectivity index is 1.80. The summed E-state index contributed by atoms with van der Waals surface area (Å²) in [7, 11) is -2.29. The summed E-state index contributed by atoms with van der Waals surface area (Å²) in [5, 5.41) is 23.9. The number of carbonyl (C=O) groups is 1. The number of ether oxygens (including phenoxy) is 1. The van der Waals surface area contributed by atoms with Gasteiger partial charge in [0.2, 0.25) is 10.0 Å². The van der Waals surface area contributed by atoms with E-state index in [1.807, 2.05) is 53.7 Å². The van der Waals surface area contributed by atoms with Crippen molar-refractivity contribution >= 4 is 21.6 Å². The predicted octanol–water partition coefficient (Wildman–Crippen LogP) is 5.75. The van der Waals surface area contributed by atoms with Crippen molar-refractivity contribution in [2.24, 2.45) is 5.14 Å². The number of nitrogens with two attached hydrogens (primary N) is 1. The Hall–Kier alpha value is -4.15. The highest BCUT2D eigenvalue weighted by molar-refractivity contribution is 7.89. The van der Waals surface area contributed by atoms with E-state index in [9.17, 15) is 18.3 Å². The van der Waals surface area contributed by atoms with Gasteiger partial charge in [0.05, 0.1) is 23.4 Å². The lowest BCUT2D eigenvalue weighted by molar-refractivity contribution is 0.102. The Morgan fingerprint density at radius 2 is 1.44 bits per heavy atom. The molecular formula is C31H36N4O5S. The zero-order valence-corrected chi connectivity index (χ0v) is 25.1. The second kappa shape index (κ2) is 10.7. The van der Waals surface area contributed by atoms with Crippen molar-refractivity contribution in [3.63, 3.8) is 0 Å². The van der Waals surface area contributed by atoms with E-state index in [2.05, 4.69) is 10.4 Å². The number of methoxy groups -OCH3 is 1. The lowest BCUT2D eigenvalue weighted by Gasteiger charge is -2.28. The Labute approximate surface area is 241 Å². The zero-order chi connectivity index (χ0) is 30.3. The fraction of sp³-hybridized carbons (Fsp3) is 0.290. The van der Waals surface area contributed by atoms with Crippen LogP contribution in [0.5, 0.6) is 11.5 Å². The molecule has 0 saturated heterocycles. The number of sulfonamides is 1. The summed E-state index contributed by atoms with van der Waals surface area (Å²) < 4.78 is 30.4. The monoisotopic (exact) mass is 576 g/mol. The van der Waals surface area contributed by atoms with E-state index >= 15 is 0 Å². The summed E-state index contributed by atoms with van der Waals surface area (Å²) in [4.78, 5) is 13.5. The van der Waals surface area contributed by atoms with E-state index in [0.717, 1.165) is 16.7 Å². The molecule has 1 heterocycles. The first-order chi connectivity index (χ1) is 19.0. The number of primary sulfonamides is 1. The van der Waals surface area contributed by atoms with E-state index in [0.29, 0.717) is 22.8 Å². The minimum Gasteiger partial charge on any atom is -0.507 e. The summed E-state index contributed by atoms with van der Waals surface area (Å²) >= 11 is 0. The number of aromatic nitrogens is 2. The first-order valence-corrected chi connectivity index (χ1v) is 14.6. The average molecular weight is 577 g/mol. The van der Waals surface area contributed by atoms with Gasteiger partial charge in [0.15, 0.2) is 5.69 Å². The van der Waals surface area contributed by atoms with Crippen molar-refractivity contribution in [1.29, 1.82) is 0 Å². The second-order valence-electron chi connectivity index (χ2n) is 12.0. The normalized spacial score (nSPS) is 12.3. The van der Waals surface area contributed by atoms with Crippen LogP contribution in [0.2, 0.25) is 0 Å². The number of phenolic OH excluding ortho intramolecular Hbond substituents is 1. The molecule has 0 radical (unpaired) electrons. The van der Waals surface area contributed by atoms with E-state index in [1.54, 1.807) is 54.3 Å². The molecule has 0 bridgehead atoms. The van der Waals surface area contributed by atoms with Gasteiger partial charge in [0.1, 0.15) is 11.5 Å². The molecular weight excluding hydrogens is 540 g/mol. The molecule has 1 amide bonds. The maximum atomic E-state index is 13.6. The summed E-state index contributed by atoms with van der Waals surface area (Å²) in [6.45, 7) is 12.0. The van der Waals surface area contributed by atoms with E-state index < -0.39 is 15.9 Å². The van der Waals surface area contributed by atoms with Gasteiger partial charge in [-0.15, -0.1) is 0 Å². The summed E-state index contributed by atoms with van der Waals surface area (Å²) in [6.07, 6.45) is 0. The molecule has 3 aromatic carbocycles. The first-order valence-electron chi connectivity index (χ1n) is 13.1. The number of benzene rings is 3. The van der Waals surface area contributed by atoms with Crippen molar-refractivity contribution in [2.45, 2.75) is 57.3 Å². The van der Waals surface area contributed by atoms with Crippen LogP contribution >= 0.6 is 0 Å². The van der Waals surface area contributed by atoms with Gasteiger partial charge < -0.3 is 15.2 Å².